The second-order valence-electron chi connectivity index (χ2n) is 5.50. The van der Waals surface area contributed by atoms with E-state index in [0.717, 1.165) is 4.88 Å². The second-order valence-corrected chi connectivity index (χ2v) is 7.33. The van der Waals surface area contributed by atoms with Gasteiger partial charge in [0.2, 0.25) is 5.91 Å². The third kappa shape index (κ3) is 4.81. The molecule has 2 N–H and O–H groups in total. The summed E-state index contributed by atoms with van der Waals surface area (Å²) in [5.74, 6) is -1.39. The van der Waals surface area contributed by atoms with Gasteiger partial charge in [-0.1, -0.05) is 24.3 Å². The van der Waals surface area contributed by atoms with E-state index in [1.807, 2.05) is 23.6 Å². The Hall–Kier alpha value is -2.97. The molecule has 138 valence electrons. The zero-order valence-corrected chi connectivity index (χ0v) is 16.0. The van der Waals surface area contributed by atoms with E-state index in [-0.39, 0.29) is 11.5 Å². The fourth-order valence-electron chi connectivity index (χ4n) is 2.35. The van der Waals surface area contributed by atoms with Gasteiger partial charge in [0.1, 0.15) is 10.6 Å². The summed E-state index contributed by atoms with van der Waals surface area (Å²) in [7, 11) is 0. The number of para-hydroxylation sites is 1. The monoisotopic (exact) mass is 400 g/mol. The molecule has 0 radical (unpaired) electrons. The zero-order valence-electron chi connectivity index (χ0n) is 14.4. The highest BCUT2D eigenvalue weighted by Crippen LogP contribution is 2.38. The maximum atomic E-state index is 12.6. The minimum absolute atomic E-state index is 0.255. The lowest BCUT2D eigenvalue weighted by molar-refractivity contribution is -0.119. The van der Waals surface area contributed by atoms with Crippen LogP contribution in [0.3, 0.4) is 0 Å². The van der Waals surface area contributed by atoms with Crippen LogP contribution >= 0.6 is 22.7 Å². The van der Waals surface area contributed by atoms with Gasteiger partial charge in [-0.2, -0.15) is 0 Å². The molecule has 2 amide bonds. The average molecular weight is 400 g/mol. The van der Waals surface area contributed by atoms with E-state index >= 15 is 0 Å². The standard InChI is InChI=1S/C19H16N2O4S2/c1-12(22)20-18-17(14(11-27-18)15-8-5-9-26-15)19(24)25-10-16(23)21-13-6-3-2-4-7-13/h2-9,11H,10H2,1H3,(H,20,22)(H,21,23). The molecule has 0 aliphatic heterocycles. The molecule has 1 aromatic carbocycles. The van der Waals surface area contributed by atoms with Crippen LogP contribution in [0.1, 0.15) is 17.3 Å². The molecule has 27 heavy (non-hydrogen) atoms. The SMILES string of the molecule is CC(=O)Nc1scc(-c2cccs2)c1C(=O)OCC(=O)Nc1ccccc1. The molecule has 3 rings (SSSR count). The molecule has 0 saturated carbocycles. The molecule has 0 aliphatic rings. The summed E-state index contributed by atoms with van der Waals surface area (Å²) in [6.07, 6.45) is 0. The van der Waals surface area contributed by atoms with Gasteiger partial charge in [0, 0.05) is 28.4 Å². The van der Waals surface area contributed by atoms with Gasteiger partial charge in [0.25, 0.3) is 5.91 Å². The number of esters is 1. The summed E-state index contributed by atoms with van der Waals surface area (Å²) in [6, 6.07) is 12.6. The van der Waals surface area contributed by atoms with E-state index in [4.69, 9.17) is 4.74 Å². The molecule has 0 unspecified atom stereocenters. The third-order valence-electron chi connectivity index (χ3n) is 3.46. The van der Waals surface area contributed by atoms with Gasteiger partial charge < -0.3 is 15.4 Å². The van der Waals surface area contributed by atoms with E-state index in [1.165, 1.54) is 29.6 Å². The molecule has 0 fully saturated rings. The van der Waals surface area contributed by atoms with E-state index in [0.29, 0.717) is 16.3 Å². The van der Waals surface area contributed by atoms with Crippen LogP contribution in [-0.2, 0) is 14.3 Å². The van der Waals surface area contributed by atoms with Gasteiger partial charge in [0.05, 0.1) is 0 Å². The Morgan fingerprint density at radius 2 is 1.78 bits per heavy atom. The summed E-state index contributed by atoms with van der Waals surface area (Å²) in [6.45, 7) is 0.944. The summed E-state index contributed by atoms with van der Waals surface area (Å²) < 4.78 is 5.19. The Labute approximate surface area is 163 Å². The Bertz CT molecular complexity index is 950. The molecule has 3 aromatic rings. The van der Waals surface area contributed by atoms with Crippen molar-refractivity contribution >= 4 is 51.1 Å². The molecular weight excluding hydrogens is 384 g/mol. The first kappa shape index (κ1) is 18.8. The summed E-state index contributed by atoms with van der Waals surface area (Å²) in [5, 5.41) is 9.39. The fraction of sp³-hybridized carbons (Fsp3) is 0.105. The molecular formula is C19H16N2O4S2. The van der Waals surface area contributed by atoms with E-state index in [9.17, 15) is 14.4 Å². The van der Waals surface area contributed by atoms with Crippen LogP contribution in [-0.4, -0.2) is 24.4 Å². The quantitative estimate of drug-likeness (QED) is 0.607. The number of nitrogens with one attached hydrogen (secondary N) is 2. The first-order chi connectivity index (χ1) is 13.0. The van der Waals surface area contributed by atoms with Gasteiger partial charge in [0.15, 0.2) is 6.61 Å². The number of carbonyl (C=O) groups excluding carboxylic acids is 3. The van der Waals surface area contributed by atoms with Gasteiger partial charge in [-0.05, 0) is 23.6 Å². The van der Waals surface area contributed by atoms with Crippen LogP contribution in [0.2, 0.25) is 0 Å². The highest BCUT2D eigenvalue weighted by Gasteiger charge is 2.23. The maximum absolute atomic E-state index is 12.6. The van der Waals surface area contributed by atoms with Gasteiger partial charge in [-0.3, -0.25) is 9.59 Å². The van der Waals surface area contributed by atoms with E-state index in [2.05, 4.69) is 10.6 Å². The number of rotatable bonds is 6. The molecule has 0 saturated heterocycles. The Kier molecular flexibility index (Phi) is 6.00. The van der Waals surface area contributed by atoms with Crippen molar-refractivity contribution in [3.63, 3.8) is 0 Å². The number of hydrogen-bond donors (Lipinski definition) is 2. The Morgan fingerprint density at radius 3 is 2.44 bits per heavy atom. The zero-order chi connectivity index (χ0) is 19.2. The number of amides is 2. The Morgan fingerprint density at radius 1 is 1.00 bits per heavy atom. The minimum Gasteiger partial charge on any atom is -0.452 e. The lowest BCUT2D eigenvalue weighted by Gasteiger charge is -2.09. The second kappa shape index (κ2) is 8.61. The largest absolute Gasteiger partial charge is 0.452 e. The molecule has 0 aliphatic carbocycles. The van der Waals surface area contributed by atoms with Crippen LogP contribution in [0.5, 0.6) is 0 Å². The fourth-order valence-corrected chi connectivity index (χ4v) is 4.17. The lowest BCUT2D eigenvalue weighted by Crippen LogP contribution is -2.21. The van der Waals surface area contributed by atoms with Crippen molar-refractivity contribution in [2.45, 2.75) is 6.92 Å². The highest BCUT2D eigenvalue weighted by atomic mass is 32.1. The molecule has 6 nitrogen and oxygen atoms in total. The number of carbonyl (C=O) groups is 3. The molecule has 2 aromatic heterocycles. The van der Waals surface area contributed by atoms with Crippen molar-refractivity contribution in [3.8, 4) is 10.4 Å². The number of hydrogen-bond acceptors (Lipinski definition) is 6. The first-order valence-electron chi connectivity index (χ1n) is 7.99. The van der Waals surface area contributed by atoms with Crippen molar-refractivity contribution in [1.29, 1.82) is 0 Å². The molecule has 2 heterocycles. The van der Waals surface area contributed by atoms with Crippen molar-refractivity contribution in [2.24, 2.45) is 0 Å². The number of anilines is 2. The topological polar surface area (TPSA) is 84.5 Å². The highest BCUT2D eigenvalue weighted by molar-refractivity contribution is 7.17. The molecule has 8 heteroatoms. The van der Waals surface area contributed by atoms with Crippen molar-refractivity contribution in [3.05, 3.63) is 58.8 Å². The first-order valence-corrected chi connectivity index (χ1v) is 9.75. The van der Waals surface area contributed by atoms with Crippen molar-refractivity contribution < 1.29 is 19.1 Å². The van der Waals surface area contributed by atoms with E-state index in [1.54, 1.807) is 29.6 Å². The van der Waals surface area contributed by atoms with E-state index < -0.39 is 18.5 Å². The van der Waals surface area contributed by atoms with Crippen LogP contribution in [0, 0.1) is 0 Å². The van der Waals surface area contributed by atoms with Crippen molar-refractivity contribution in [1.82, 2.24) is 0 Å². The molecule has 0 spiro atoms. The third-order valence-corrected chi connectivity index (χ3v) is 5.26. The number of ether oxygens (including phenoxy) is 1. The van der Waals surface area contributed by atoms with Gasteiger partial charge in [-0.15, -0.1) is 22.7 Å². The lowest BCUT2D eigenvalue weighted by atomic mass is 10.1. The predicted molar refractivity (Wildman–Crippen MR) is 107 cm³/mol. The maximum Gasteiger partial charge on any atom is 0.342 e. The summed E-state index contributed by atoms with van der Waals surface area (Å²) >= 11 is 2.71. The van der Waals surface area contributed by atoms with Crippen LogP contribution in [0.15, 0.2) is 53.2 Å². The van der Waals surface area contributed by atoms with Crippen LogP contribution < -0.4 is 10.6 Å². The van der Waals surface area contributed by atoms with Crippen LogP contribution in [0.4, 0.5) is 10.7 Å². The smallest absolute Gasteiger partial charge is 0.342 e. The van der Waals surface area contributed by atoms with Gasteiger partial charge >= 0.3 is 5.97 Å². The predicted octanol–water partition coefficient (Wildman–Crippen LogP) is 4.23. The minimum atomic E-state index is -0.661. The molecule has 0 bridgehead atoms. The Balaban J connectivity index is 1.74. The normalized spacial score (nSPS) is 10.3. The molecule has 0 atom stereocenters. The average Bonchev–Trinajstić information content (AvgIpc) is 3.29. The summed E-state index contributed by atoms with van der Waals surface area (Å²) in [5.41, 5.74) is 1.55. The van der Waals surface area contributed by atoms with Crippen LogP contribution in [0.25, 0.3) is 10.4 Å². The number of benzene rings is 1. The van der Waals surface area contributed by atoms with Gasteiger partial charge in [-0.25, -0.2) is 4.79 Å². The summed E-state index contributed by atoms with van der Waals surface area (Å²) in [4.78, 5) is 37.0. The van der Waals surface area contributed by atoms with Crippen molar-refractivity contribution in [2.75, 3.05) is 17.2 Å². The number of thiophene rings is 2.